The summed E-state index contributed by atoms with van der Waals surface area (Å²) in [6.07, 6.45) is 0. The van der Waals surface area contributed by atoms with Gasteiger partial charge in [0.2, 0.25) is 0 Å². The van der Waals surface area contributed by atoms with E-state index in [0.29, 0.717) is 6.54 Å². The van der Waals surface area contributed by atoms with Crippen molar-refractivity contribution in [3.63, 3.8) is 0 Å². The summed E-state index contributed by atoms with van der Waals surface area (Å²) in [6.45, 7) is 6.41. The highest BCUT2D eigenvalue weighted by molar-refractivity contribution is 8.14. The molecule has 0 spiro atoms. The SMILES string of the molecule is C=C(C)CN=C1NN=C(c2ccc(Cl)s2)CS1. The van der Waals surface area contributed by atoms with Gasteiger partial charge in [-0.3, -0.25) is 10.4 Å². The Labute approximate surface area is 114 Å². The van der Waals surface area contributed by atoms with Gasteiger partial charge in [-0.05, 0) is 19.1 Å². The third kappa shape index (κ3) is 3.59. The second kappa shape index (κ2) is 5.71. The van der Waals surface area contributed by atoms with E-state index >= 15 is 0 Å². The predicted molar refractivity (Wildman–Crippen MR) is 78.6 cm³/mol. The van der Waals surface area contributed by atoms with Crippen LogP contribution in [0.3, 0.4) is 0 Å². The van der Waals surface area contributed by atoms with Crippen LogP contribution in [0.1, 0.15) is 11.8 Å². The highest BCUT2D eigenvalue weighted by Gasteiger charge is 2.14. The van der Waals surface area contributed by atoms with Gasteiger partial charge in [0.25, 0.3) is 0 Å². The molecule has 0 saturated carbocycles. The summed E-state index contributed by atoms with van der Waals surface area (Å²) in [7, 11) is 0. The first-order valence-corrected chi connectivity index (χ1v) is 7.23. The van der Waals surface area contributed by atoms with E-state index in [1.165, 1.54) is 0 Å². The molecule has 0 saturated heterocycles. The highest BCUT2D eigenvalue weighted by atomic mass is 35.5. The summed E-state index contributed by atoms with van der Waals surface area (Å²) in [5.74, 6) is 0.818. The lowest BCUT2D eigenvalue weighted by Gasteiger charge is -2.13. The van der Waals surface area contributed by atoms with E-state index in [9.17, 15) is 0 Å². The van der Waals surface area contributed by atoms with Crippen molar-refractivity contribution in [1.29, 1.82) is 0 Å². The predicted octanol–water partition coefficient (Wildman–Crippen LogP) is 3.37. The zero-order valence-corrected chi connectivity index (χ0v) is 11.8. The Kier molecular flexibility index (Phi) is 4.25. The third-order valence-corrected chi connectivity index (χ3v) is 4.17. The zero-order chi connectivity index (χ0) is 12.3. The Hall–Kier alpha value is -0.780. The number of thiophene rings is 1. The lowest BCUT2D eigenvalue weighted by atomic mass is 10.3. The lowest BCUT2D eigenvalue weighted by molar-refractivity contribution is 1.01. The molecule has 1 aromatic heterocycles. The van der Waals surface area contributed by atoms with E-state index in [-0.39, 0.29) is 0 Å². The molecule has 1 aliphatic heterocycles. The standard InChI is InChI=1S/C11H12ClN3S2/c1-7(2)5-13-11-15-14-8(6-16-11)9-3-4-10(12)17-9/h3-4H,1,5-6H2,2H3,(H,13,15). The van der Waals surface area contributed by atoms with Crippen LogP contribution < -0.4 is 5.43 Å². The summed E-state index contributed by atoms with van der Waals surface area (Å²) in [5.41, 5.74) is 5.01. The molecule has 0 aromatic carbocycles. The molecule has 0 bridgehead atoms. The van der Waals surface area contributed by atoms with Gasteiger partial charge in [0, 0.05) is 5.75 Å². The number of hydrogen-bond acceptors (Lipinski definition) is 4. The first kappa shape index (κ1) is 12.7. The maximum Gasteiger partial charge on any atom is 0.177 e. The normalized spacial score (nSPS) is 17.8. The molecule has 0 fully saturated rings. The lowest BCUT2D eigenvalue weighted by Crippen LogP contribution is -2.25. The van der Waals surface area contributed by atoms with Crippen molar-refractivity contribution in [2.45, 2.75) is 6.92 Å². The summed E-state index contributed by atoms with van der Waals surface area (Å²) < 4.78 is 0.787. The number of amidine groups is 1. The first-order valence-electron chi connectivity index (χ1n) is 5.05. The average molecular weight is 286 g/mol. The topological polar surface area (TPSA) is 36.8 Å². The van der Waals surface area contributed by atoms with E-state index in [1.54, 1.807) is 23.1 Å². The van der Waals surface area contributed by atoms with E-state index < -0.39 is 0 Å². The van der Waals surface area contributed by atoms with Gasteiger partial charge in [-0.25, -0.2) is 0 Å². The molecule has 90 valence electrons. The van der Waals surface area contributed by atoms with Crippen molar-refractivity contribution in [1.82, 2.24) is 5.43 Å². The van der Waals surface area contributed by atoms with Crippen LogP contribution >= 0.6 is 34.7 Å². The van der Waals surface area contributed by atoms with E-state index in [1.807, 2.05) is 19.1 Å². The summed E-state index contributed by atoms with van der Waals surface area (Å²) >= 11 is 9.08. The van der Waals surface area contributed by atoms with E-state index in [2.05, 4.69) is 22.1 Å². The van der Waals surface area contributed by atoms with Gasteiger partial charge < -0.3 is 0 Å². The van der Waals surface area contributed by atoms with Crippen molar-refractivity contribution in [3.8, 4) is 0 Å². The van der Waals surface area contributed by atoms with E-state index in [0.717, 1.165) is 31.4 Å². The molecule has 1 aromatic rings. The van der Waals surface area contributed by atoms with E-state index in [4.69, 9.17) is 11.6 Å². The molecule has 2 rings (SSSR count). The molecule has 0 atom stereocenters. The van der Waals surface area contributed by atoms with Gasteiger partial charge in [0.05, 0.1) is 21.5 Å². The Morgan fingerprint density at radius 1 is 1.65 bits per heavy atom. The van der Waals surface area contributed by atoms with Crippen LogP contribution in [0, 0.1) is 0 Å². The van der Waals surface area contributed by atoms with Gasteiger partial charge in [-0.15, -0.1) is 11.3 Å². The minimum absolute atomic E-state index is 0.644. The Balaban J connectivity index is 2.02. The number of hydrazone groups is 1. The van der Waals surface area contributed by atoms with Gasteiger partial charge in [-0.2, -0.15) is 5.10 Å². The van der Waals surface area contributed by atoms with Gasteiger partial charge in [0.15, 0.2) is 5.17 Å². The Morgan fingerprint density at radius 3 is 3.00 bits per heavy atom. The van der Waals surface area contributed by atoms with Crippen molar-refractivity contribution in [2.24, 2.45) is 10.1 Å². The minimum Gasteiger partial charge on any atom is -0.257 e. The minimum atomic E-state index is 0.644. The molecule has 0 amide bonds. The van der Waals surface area contributed by atoms with Crippen LogP contribution in [0.4, 0.5) is 0 Å². The number of hydrogen-bond donors (Lipinski definition) is 1. The molecule has 1 N–H and O–H groups in total. The quantitative estimate of drug-likeness (QED) is 0.865. The first-order chi connectivity index (χ1) is 8.15. The number of thioether (sulfide) groups is 1. The fourth-order valence-corrected chi connectivity index (χ4v) is 3.08. The third-order valence-electron chi connectivity index (χ3n) is 1.98. The number of nitrogens with zero attached hydrogens (tertiary/aromatic N) is 2. The maximum absolute atomic E-state index is 5.90. The Morgan fingerprint density at radius 2 is 2.47 bits per heavy atom. The van der Waals surface area contributed by atoms with Crippen LogP contribution in [0.2, 0.25) is 4.34 Å². The van der Waals surface area contributed by atoms with Crippen molar-refractivity contribution in [2.75, 3.05) is 12.3 Å². The summed E-state index contributed by atoms with van der Waals surface area (Å²) in [5, 5.41) is 5.16. The molecule has 6 heteroatoms. The highest BCUT2D eigenvalue weighted by Crippen LogP contribution is 2.24. The second-order valence-electron chi connectivity index (χ2n) is 3.64. The maximum atomic E-state index is 5.90. The van der Waals surface area contributed by atoms with Crippen LogP contribution in [-0.2, 0) is 0 Å². The molecular formula is C11H12ClN3S2. The molecule has 17 heavy (non-hydrogen) atoms. The molecule has 3 nitrogen and oxygen atoms in total. The molecule has 1 aliphatic rings. The molecule has 2 heterocycles. The largest absolute Gasteiger partial charge is 0.257 e. The van der Waals surface area contributed by atoms with Crippen LogP contribution in [0.5, 0.6) is 0 Å². The van der Waals surface area contributed by atoms with Gasteiger partial charge in [0.1, 0.15) is 0 Å². The van der Waals surface area contributed by atoms with Crippen LogP contribution in [0.15, 0.2) is 34.4 Å². The summed E-state index contributed by atoms with van der Waals surface area (Å²) in [6, 6.07) is 3.88. The molecular weight excluding hydrogens is 274 g/mol. The zero-order valence-electron chi connectivity index (χ0n) is 9.36. The Bertz CT molecular complexity index is 491. The van der Waals surface area contributed by atoms with Crippen LogP contribution in [0.25, 0.3) is 0 Å². The number of nitrogens with one attached hydrogen (secondary N) is 1. The number of rotatable bonds is 3. The van der Waals surface area contributed by atoms with Gasteiger partial charge in [-0.1, -0.05) is 35.5 Å². The second-order valence-corrected chi connectivity index (χ2v) is 6.32. The number of aliphatic imine (C=N–C) groups is 1. The summed E-state index contributed by atoms with van der Waals surface area (Å²) in [4.78, 5) is 5.46. The fourth-order valence-electron chi connectivity index (χ4n) is 1.20. The monoisotopic (exact) mass is 285 g/mol. The molecule has 0 radical (unpaired) electrons. The van der Waals surface area contributed by atoms with Gasteiger partial charge >= 0.3 is 0 Å². The van der Waals surface area contributed by atoms with Crippen molar-refractivity contribution < 1.29 is 0 Å². The molecule has 0 aliphatic carbocycles. The van der Waals surface area contributed by atoms with Crippen LogP contribution in [-0.4, -0.2) is 23.2 Å². The average Bonchev–Trinajstić information content (AvgIpc) is 2.74. The smallest absolute Gasteiger partial charge is 0.177 e. The van der Waals surface area contributed by atoms with Crippen molar-refractivity contribution >= 4 is 45.6 Å². The fraction of sp³-hybridized carbons (Fsp3) is 0.273. The van der Waals surface area contributed by atoms with Crippen molar-refractivity contribution in [3.05, 3.63) is 33.5 Å². The number of halogens is 1. The molecule has 0 unspecified atom stereocenters.